The van der Waals surface area contributed by atoms with Crippen LogP contribution in [0.2, 0.25) is 0 Å². The standard InChI is InChI=1S/C19H27N3O5S/c1-5-19(2,3)8-12(21-17(25)11-6-7-28-10-11)18(26)22(4)14-13(23)9-27-15(14)16(20)24/h6-7,10,12,14-15H,5,8-9H2,1-4H3,(H2,20,24)(H,21,25)/t12-,14?,15?/m0/s1. The molecule has 2 heterocycles. The lowest BCUT2D eigenvalue weighted by atomic mass is 9.82. The molecule has 9 heteroatoms. The van der Waals surface area contributed by atoms with Crippen LogP contribution in [0, 0.1) is 5.41 Å². The number of ether oxygens (including phenoxy) is 1. The summed E-state index contributed by atoms with van der Waals surface area (Å²) in [5.41, 5.74) is 5.56. The van der Waals surface area contributed by atoms with E-state index in [1.807, 2.05) is 20.8 Å². The molecule has 1 aromatic rings. The molecule has 1 aliphatic rings. The molecule has 0 radical (unpaired) electrons. The third-order valence-corrected chi connectivity index (χ3v) is 5.85. The van der Waals surface area contributed by atoms with Gasteiger partial charge in [-0.05, 0) is 23.3 Å². The number of amides is 3. The number of nitrogens with one attached hydrogen (secondary N) is 1. The molecule has 1 saturated heterocycles. The van der Waals surface area contributed by atoms with Crippen molar-refractivity contribution in [2.75, 3.05) is 13.7 Å². The summed E-state index contributed by atoms with van der Waals surface area (Å²) in [5.74, 6) is -2.01. The molecule has 1 fully saturated rings. The number of ketones is 1. The van der Waals surface area contributed by atoms with E-state index in [1.165, 1.54) is 23.3 Å². The van der Waals surface area contributed by atoms with Gasteiger partial charge < -0.3 is 20.7 Å². The van der Waals surface area contributed by atoms with Gasteiger partial charge in [-0.25, -0.2) is 0 Å². The highest BCUT2D eigenvalue weighted by Crippen LogP contribution is 2.28. The molecule has 2 rings (SSSR count). The molecule has 3 amide bonds. The molecule has 3 atom stereocenters. The zero-order valence-corrected chi connectivity index (χ0v) is 17.4. The largest absolute Gasteiger partial charge is 0.367 e. The second-order valence-corrected chi connectivity index (χ2v) is 8.53. The number of Topliss-reactive ketones (excluding diaryl/α,β-unsaturated/α-hetero) is 1. The summed E-state index contributed by atoms with van der Waals surface area (Å²) in [5, 5.41) is 6.26. The first-order chi connectivity index (χ1) is 13.1. The Morgan fingerprint density at radius 2 is 2.11 bits per heavy atom. The number of nitrogens with zero attached hydrogens (tertiary/aromatic N) is 1. The van der Waals surface area contributed by atoms with Gasteiger partial charge in [0, 0.05) is 12.4 Å². The summed E-state index contributed by atoms with van der Waals surface area (Å²) in [6, 6.07) is -0.266. The Morgan fingerprint density at radius 1 is 1.43 bits per heavy atom. The Balaban J connectivity index is 2.25. The zero-order chi connectivity index (χ0) is 21.1. The number of nitrogens with two attached hydrogens (primary N) is 1. The topological polar surface area (TPSA) is 119 Å². The molecule has 1 aliphatic heterocycles. The van der Waals surface area contributed by atoms with Crippen molar-refractivity contribution in [3.63, 3.8) is 0 Å². The van der Waals surface area contributed by atoms with Crippen LogP contribution in [0.3, 0.4) is 0 Å². The Bertz CT molecular complexity index is 747. The number of likely N-dealkylation sites (N-methyl/N-ethyl adjacent to an activating group) is 1. The van der Waals surface area contributed by atoms with Crippen molar-refractivity contribution in [2.45, 2.75) is 51.8 Å². The predicted octanol–water partition coefficient (Wildman–Crippen LogP) is 0.953. The molecule has 8 nitrogen and oxygen atoms in total. The molecule has 0 spiro atoms. The highest BCUT2D eigenvalue weighted by Gasteiger charge is 2.45. The number of hydrogen-bond donors (Lipinski definition) is 2. The number of rotatable bonds is 8. The number of thiophene rings is 1. The average molecular weight is 410 g/mol. The summed E-state index contributed by atoms with van der Waals surface area (Å²) in [6.45, 7) is 5.73. The SMILES string of the molecule is CCC(C)(C)C[C@H](NC(=O)c1ccsc1)C(=O)N(C)C1C(=O)COC1C(N)=O. The van der Waals surface area contributed by atoms with Gasteiger partial charge in [0.2, 0.25) is 11.8 Å². The number of carbonyl (C=O) groups is 4. The predicted molar refractivity (Wildman–Crippen MR) is 105 cm³/mol. The van der Waals surface area contributed by atoms with Crippen molar-refractivity contribution in [2.24, 2.45) is 11.1 Å². The smallest absolute Gasteiger partial charge is 0.252 e. The first-order valence-electron chi connectivity index (χ1n) is 9.10. The van der Waals surface area contributed by atoms with Crippen molar-refractivity contribution in [3.05, 3.63) is 22.4 Å². The van der Waals surface area contributed by atoms with Crippen molar-refractivity contribution in [3.8, 4) is 0 Å². The fourth-order valence-electron chi connectivity index (χ4n) is 3.09. The second kappa shape index (κ2) is 8.83. The molecule has 2 unspecified atom stereocenters. The van der Waals surface area contributed by atoms with Gasteiger partial charge in [-0.15, -0.1) is 0 Å². The normalized spacial score (nSPS) is 20.6. The zero-order valence-electron chi connectivity index (χ0n) is 16.6. The fourth-order valence-corrected chi connectivity index (χ4v) is 3.73. The molecule has 0 bridgehead atoms. The van der Waals surface area contributed by atoms with E-state index in [0.717, 1.165) is 6.42 Å². The van der Waals surface area contributed by atoms with Gasteiger partial charge in [0.25, 0.3) is 5.91 Å². The maximum atomic E-state index is 13.2. The van der Waals surface area contributed by atoms with Crippen LogP contribution < -0.4 is 11.1 Å². The Hall–Kier alpha value is -2.26. The van der Waals surface area contributed by atoms with Gasteiger partial charge in [-0.2, -0.15) is 11.3 Å². The Kier molecular flexibility index (Phi) is 6.95. The molecule has 3 N–H and O–H groups in total. The lowest BCUT2D eigenvalue weighted by molar-refractivity contribution is -0.141. The number of carbonyl (C=O) groups excluding carboxylic acids is 4. The van der Waals surface area contributed by atoms with Crippen LogP contribution in [0.15, 0.2) is 16.8 Å². The molecule has 28 heavy (non-hydrogen) atoms. The molecule has 0 saturated carbocycles. The van der Waals surface area contributed by atoms with Gasteiger partial charge in [-0.1, -0.05) is 27.2 Å². The lowest BCUT2D eigenvalue weighted by Crippen LogP contribution is -2.56. The van der Waals surface area contributed by atoms with Gasteiger partial charge in [0.15, 0.2) is 11.9 Å². The van der Waals surface area contributed by atoms with Crippen LogP contribution in [0.1, 0.15) is 44.0 Å². The second-order valence-electron chi connectivity index (χ2n) is 7.75. The van der Waals surface area contributed by atoms with Crippen LogP contribution >= 0.6 is 11.3 Å². The molecular formula is C19H27N3O5S. The summed E-state index contributed by atoms with van der Waals surface area (Å²) >= 11 is 1.38. The van der Waals surface area contributed by atoms with Crippen molar-refractivity contribution < 1.29 is 23.9 Å². The fraction of sp³-hybridized carbons (Fsp3) is 0.579. The quantitative estimate of drug-likeness (QED) is 0.663. The maximum Gasteiger partial charge on any atom is 0.252 e. The highest BCUT2D eigenvalue weighted by atomic mass is 32.1. The minimum atomic E-state index is -1.19. The van der Waals surface area contributed by atoms with Gasteiger partial charge in [0.1, 0.15) is 18.7 Å². The van der Waals surface area contributed by atoms with E-state index < -0.39 is 35.8 Å². The van der Waals surface area contributed by atoms with E-state index >= 15 is 0 Å². The highest BCUT2D eigenvalue weighted by molar-refractivity contribution is 7.08. The summed E-state index contributed by atoms with van der Waals surface area (Å²) in [6.07, 6.45) is -0.00990. The minimum absolute atomic E-state index is 0.220. The van der Waals surface area contributed by atoms with Crippen LogP contribution in [0.25, 0.3) is 0 Å². The molecule has 0 aromatic carbocycles. The maximum absolute atomic E-state index is 13.2. The molecule has 0 aliphatic carbocycles. The number of primary amides is 1. The van der Waals surface area contributed by atoms with E-state index in [2.05, 4.69) is 5.32 Å². The summed E-state index contributed by atoms with van der Waals surface area (Å²) in [4.78, 5) is 50.7. The van der Waals surface area contributed by atoms with Crippen molar-refractivity contribution in [1.82, 2.24) is 10.2 Å². The van der Waals surface area contributed by atoms with Crippen molar-refractivity contribution >= 4 is 34.8 Å². The third kappa shape index (κ3) is 4.96. The van der Waals surface area contributed by atoms with Gasteiger partial charge in [-0.3, -0.25) is 19.2 Å². The Labute approximate surface area is 168 Å². The first kappa shape index (κ1) is 22.0. The van der Waals surface area contributed by atoms with E-state index in [9.17, 15) is 19.2 Å². The summed E-state index contributed by atoms with van der Waals surface area (Å²) in [7, 11) is 1.43. The van der Waals surface area contributed by atoms with E-state index in [0.29, 0.717) is 12.0 Å². The van der Waals surface area contributed by atoms with E-state index in [-0.39, 0.29) is 17.9 Å². The Morgan fingerprint density at radius 3 is 2.64 bits per heavy atom. The van der Waals surface area contributed by atoms with Gasteiger partial charge >= 0.3 is 0 Å². The monoisotopic (exact) mass is 409 g/mol. The first-order valence-corrected chi connectivity index (χ1v) is 10.0. The van der Waals surface area contributed by atoms with Crippen LogP contribution in [0.4, 0.5) is 0 Å². The third-order valence-electron chi connectivity index (χ3n) is 5.17. The van der Waals surface area contributed by atoms with Crippen LogP contribution in [-0.2, 0) is 19.1 Å². The lowest BCUT2D eigenvalue weighted by Gasteiger charge is -2.33. The molecule has 1 aromatic heterocycles. The summed E-state index contributed by atoms with van der Waals surface area (Å²) < 4.78 is 5.15. The molecular weight excluding hydrogens is 382 g/mol. The molecule has 154 valence electrons. The van der Waals surface area contributed by atoms with Crippen LogP contribution in [0.5, 0.6) is 0 Å². The van der Waals surface area contributed by atoms with Crippen molar-refractivity contribution in [1.29, 1.82) is 0 Å². The van der Waals surface area contributed by atoms with E-state index in [1.54, 1.807) is 16.8 Å². The van der Waals surface area contributed by atoms with E-state index in [4.69, 9.17) is 10.5 Å². The van der Waals surface area contributed by atoms with Crippen LogP contribution in [-0.4, -0.2) is 60.2 Å². The number of hydrogen-bond acceptors (Lipinski definition) is 6. The van der Waals surface area contributed by atoms with Gasteiger partial charge in [0.05, 0.1) is 5.56 Å². The minimum Gasteiger partial charge on any atom is -0.367 e. The average Bonchev–Trinajstić information content (AvgIpc) is 3.29.